The SMILES string of the molecule is CCOC(=O)C(C)c1nn(-c2ccc(C(C)C)cc2)c2c1CN(C(=O)OC(C)(C)C)CC2. The van der Waals surface area contributed by atoms with Crippen LogP contribution >= 0.6 is 0 Å². The zero-order valence-corrected chi connectivity index (χ0v) is 20.3. The zero-order valence-electron chi connectivity index (χ0n) is 20.3. The number of esters is 1. The number of aromatic nitrogens is 2. The van der Waals surface area contributed by atoms with Gasteiger partial charge in [0.25, 0.3) is 0 Å². The van der Waals surface area contributed by atoms with Gasteiger partial charge in [0.2, 0.25) is 0 Å². The molecule has 174 valence electrons. The highest BCUT2D eigenvalue weighted by Crippen LogP contribution is 2.31. The molecule has 32 heavy (non-hydrogen) atoms. The summed E-state index contributed by atoms with van der Waals surface area (Å²) in [5.41, 5.74) is 4.20. The number of fused-ring (bicyclic) bond motifs is 1. The maximum Gasteiger partial charge on any atom is 0.410 e. The van der Waals surface area contributed by atoms with Crippen LogP contribution in [0.5, 0.6) is 0 Å². The van der Waals surface area contributed by atoms with Crippen LogP contribution in [-0.4, -0.2) is 45.5 Å². The van der Waals surface area contributed by atoms with E-state index in [1.165, 1.54) is 5.56 Å². The summed E-state index contributed by atoms with van der Waals surface area (Å²) in [5, 5.41) is 4.85. The van der Waals surface area contributed by atoms with Gasteiger partial charge in [-0.3, -0.25) is 4.79 Å². The molecule has 0 saturated heterocycles. The third kappa shape index (κ3) is 5.14. The van der Waals surface area contributed by atoms with Crippen molar-refractivity contribution in [2.45, 2.75) is 78.9 Å². The molecule has 0 saturated carbocycles. The Morgan fingerprint density at radius 3 is 2.34 bits per heavy atom. The van der Waals surface area contributed by atoms with E-state index in [1.54, 1.807) is 18.7 Å². The van der Waals surface area contributed by atoms with Crippen molar-refractivity contribution in [3.8, 4) is 5.69 Å². The van der Waals surface area contributed by atoms with Crippen molar-refractivity contribution in [2.75, 3.05) is 13.2 Å². The van der Waals surface area contributed by atoms with Crippen LogP contribution in [0.25, 0.3) is 5.69 Å². The maximum atomic E-state index is 12.7. The van der Waals surface area contributed by atoms with Gasteiger partial charge in [0, 0.05) is 18.5 Å². The standard InChI is InChI=1S/C25H35N3O4/c1-8-31-23(29)17(4)22-20-15-27(24(30)32-25(5,6)7)14-13-21(20)28(26-22)19-11-9-18(10-12-19)16(2)3/h9-12,16-17H,8,13-15H2,1-7H3. The van der Waals surface area contributed by atoms with Gasteiger partial charge in [0.05, 0.1) is 36.1 Å². The van der Waals surface area contributed by atoms with Crippen LogP contribution in [0.1, 0.15) is 82.8 Å². The van der Waals surface area contributed by atoms with Crippen LogP contribution in [-0.2, 0) is 27.2 Å². The molecule has 0 N–H and O–H groups in total. The van der Waals surface area contributed by atoms with E-state index in [-0.39, 0.29) is 12.1 Å². The van der Waals surface area contributed by atoms with Crippen LogP contribution < -0.4 is 0 Å². The lowest BCUT2D eigenvalue weighted by Gasteiger charge is -2.30. The molecule has 0 bridgehead atoms. The molecule has 1 amide bonds. The molecular formula is C25H35N3O4. The third-order valence-corrected chi connectivity index (χ3v) is 5.59. The summed E-state index contributed by atoms with van der Waals surface area (Å²) in [6.07, 6.45) is 0.273. The zero-order chi connectivity index (χ0) is 23.6. The molecule has 1 atom stereocenters. The van der Waals surface area contributed by atoms with Gasteiger partial charge in [-0.25, -0.2) is 9.48 Å². The normalized spacial score (nSPS) is 14.8. The average Bonchev–Trinajstić information content (AvgIpc) is 3.11. The second-order valence-corrected chi connectivity index (χ2v) is 9.59. The van der Waals surface area contributed by atoms with Gasteiger partial charge in [-0.2, -0.15) is 5.10 Å². The largest absolute Gasteiger partial charge is 0.465 e. The van der Waals surface area contributed by atoms with E-state index in [4.69, 9.17) is 14.6 Å². The summed E-state index contributed by atoms with van der Waals surface area (Å²) >= 11 is 0. The van der Waals surface area contributed by atoms with Crippen LogP contribution in [0.15, 0.2) is 24.3 Å². The number of rotatable bonds is 5. The minimum Gasteiger partial charge on any atom is -0.465 e. The van der Waals surface area contributed by atoms with Crippen LogP contribution in [0, 0.1) is 0 Å². The molecule has 1 aromatic carbocycles. The highest BCUT2D eigenvalue weighted by Gasteiger charge is 2.33. The summed E-state index contributed by atoms with van der Waals surface area (Å²) in [6.45, 7) is 14.7. The Kier molecular flexibility index (Phi) is 6.96. The summed E-state index contributed by atoms with van der Waals surface area (Å²) < 4.78 is 12.7. The van der Waals surface area contributed by atoms with Gasteiger partial charge in [-0.1, -0.05) is 26.0 Å². The maximum absolute atomic E-state index is 12.7. The number of carbonyl (C=O) groups excluding carboxylic acids is 2. The highest BCUT2D eigenvalue weighted by molar-refractivity contribution is 5.78. The minimum absolute atomic E-state index is 0.312. The van der Waals surface area contributed by atoms with Gasteiger partial charge in [-0.15, -0.1) is 0 Å². The van der Waals surface area contributed by atoms with Crippen molar-refractivity contribution in [2.24, 2.45) is 0 Å². The number of nitrogens with zero attached hydrogens (tertiary/aromatic N) is 3. The van der Waals surface area contributed by atoms with E-state index < -0.39 is 11.5 Å². The molecule has 7 nitrogen and oxygen atoms in total. The predicted octanol–water partition coefficient (Wildman–Crippen LogP) is 4.96. The fourth-order valence-electron chi connectivity index (χ4n) is 3.87. The lowest BCUT2D eigenvalue weighted by molar-refractivity contribution is -0.144. The smallest absolute Gasteiger partial charge is 0.410 e. The van der Waals surface area contributed by atoms with E-state index in [1.807, 2.05) is 25.5 Å². The molecule has 2 aromatic rings. The number of ether oxygens (including phenoxy) is 2. The lowest BCUT2D eigenvalue weighted by atomic mass is 9.98. The van der Waals surface area contributed by atoms with Crippen molar-refractivity contribution in [3.63, 3.8) is 0 Å². The molecule has 0 aliphatic carbocycles. The Balaban J connectivity index is 2.00. The molecule has 1 unspecified atom stereocenters. The van der Waals surface area contributed by atoms with Crippen molar-refractivity contribution in [1.29, 1.82) is 0 Å². The van der Waals surface area contributed by atoms with E-state index in [9.17, 15) is 9.59 Å². The first-order chi connectivity index (χ1) is 15.0. The lowest BCUT2D eigenvalue weighted by Crippen LogP contribution is -2.40. The molecule has 1 aliphatic rings. The van der Waals surface area contributed by atoms with Crippen LogP contribution in [0.2, 0.25) is 0 Å². The number of amides is 1. The second kappa shape index (κ2) is 9.35. The first kappa shape index (κ1) is 23.8. The van der Waals surface area contributed by atoms with E-state index in [0.717, 1.165) is 16.9 Å². The monoisotopic (exact) mass is 441 g/mol. The number of carbonyl (C=O) groups is 2. The first-order valence-corrected chi connectivity index (χ1v) is 11.4. The molecule has 0 spiro atoms. The van der Waals surface area contributed by atoms with Crippen molar-refractivity contribution >= 4 is 12.1 Å². The topological polar surface area (TPSA) is 73.7 Å². The Labute approximate surface area is 190 Å². The Bertz CT molecular complexity index is 970. The molecule has 1 aromatic heterocycles. The Hall–Kier alpha value is -2.83. The van der Waals surface area contributed by atoms with Gasteiger partial charge < -0.3 is 14.4 Å². The summed E-state index contributed by atoms with van der Waals surface area (Å²) in [6, 6.07) is 8.33. The summed E-state index contributed by atoms with van der Waals surface area (Å²) in [5.74, 6) is -0.402. The molecule has 0 radical (unpaired) electrons. The van der Waals surface area contributed by atoms with Crippen molar-refractivity contribution < 1.29 is 19.1 Å². The Morgan fingerprint density at radius 1 is 1.12 bits per heavy atom. The molecular weight excluding hydrogens is 406 g/mol. The van der Waals surface area contributed by atoms with Gasteiger partial charge >= 0.3 is 12.1 Å². The third-order valence-electron chi connectivity index (χ3n) is 5.59. The Morgan fingerprint density at radius 2 is 1.78 bits per heavy atom. The molecule has 7 heteroatoms. The quantitative estimate of drug-likeness (QED) is 0.614. The fourth-order valence-corrected chi connectivity index (χ4v) is 3.87. The molecule has 0 fully saturated rings. The minimum atomic E-state index is -0.569. The van der Waals surface area contributed by atoms with Gasteiger partial charge in [0.15, 0.2) is 0 Å². The molecule has 2 heterocycles. The second-order valence-electron chi connectivity index (χ2n) is 9.59. The number of benzene rings is 1. The van der Waals surface area contributed by atoms with Gasteiger partial charge in [0.1, 0.15) is 5.60 Å². The van der Waals surface area contributed by atoms with E-state index >= 15 is 0 Å². The van der Waals surface area contributed by atoms with E-state index in [0.29, 0.717) is 37.7 Å². The number of hydrogen-bond acceptors (Lipinski definition) is 5. The van der Waals surface area contributed by atoms with Gasteiger partial charge in [-0.05, 0) is 58.2 Å². The summed E-state index contributed by atoms with van der Waals surface area (Å²) in [4.78, 5) is 26.9. The average molecular weight is 442 g/mol. The van der Waals surface area contributed by atoms with Crippen LogP contribution in [0.4, 0.5) is 4.79 Å². The highest BCUT2D eigenvalue weighted by atomic mass is 16.6. The van der Waals surface area contributed by atoms with E-state index in [2.05, 4.69) is 38.1 Å². The molecule has 1 aliphatic heterocycles. The first-order valence-electron chi connectivity index (χ1n) is 11.4. The summed E-state index contributed by atoms with van der Waals surface area (Å²) in [7, 11) is 0. The van der Waals surface area contributed by atoms with Crippen molar-refractivity contribution in [3.05, 3.63) is 46.8 Å². The number of hydrogen-bond donors (Lipinski definition) is 0. The molecule has 3 rings (SSSR count). The van der Waals surface area contributed by atoms with Crippen molar-refractivity contribution in [1.82, 2.24) is 14.7 Å². The fraction of sp³-hybridized carbons (Fsp3) is 0.560. The van der Waals surface area contributed by atoms with Crippen LogP contribution in [0.3, 0.4) is 0 Å². The predicted molar refractivity (Wildman–Crippen MR) is 123 cm³/mol.